The second-order valence-electron chi connectivity index (χ2n) is 7.10. The number of likely N-dealkylation sites (tertiary alicyclic amines) is 1. The van der Waals surface area contributed by atoms with Crippen molar-refractivity contribution in [1.82, 2.24) is 4.90 Å². The van der Waals surface area contributed by atoms with Gasteiger partial charge >= 0.3 is 5.97 Å². The minimum Gasteiger partial charge on any atom is -0.469 e. The predicted octanol–water partition coefficient (Wildman–Crippen LogP) is 4.43. The van der Waals surface area contributed by atoms with Crippen molar-refractivity contribution in [3.05, 3.63) is 71.8 Å². The van der Waals surface area contributed by atoms with Gasteiger partial charge in [0.05, 0.1) is 13.0 Å². The van der Waals surface area contributed by atoms with E-state index in [-0.39, 0.29) is 17.9 Å². The molecule has 1 aliphatic rings. The number of hydrogen-bond donors (Lipinski definition) is 0. The average Bonchev–Trinajstić information content (AvgIpc) is 2.71. The van der Waals surface area contributed by atoms with E-state index in [1.54, 1.807) is 0 Å². The Morgan fingerprint density at radius 3 is 2.46 bits per heavy atom. The molecule has 0 unspecified atom stereocenters. The van der Waals surface area contributed by atoms with E-state index in [1.807, 2.05) is 18.2 Å². The van der Waals surface area contributed by atoms with Gasteiger partial charge < -0.3 is 4.74 Å². The van der Waals surface area contributed by atoms with Crippen molar-refractivity contribution < 1.29 is 9.53 Å². The van der Waals surface area contributed by atoms with Crippen LogP contribution in [0.25, 0.3) is 0 Å². The highest BCUT2D eigenvalue weighted by Gasteiger charge is 2.35. The lowest BCUT2D eigenvalue weighted by Crippen LogP contribution is -2.46. The molecule has 2 aromatic rings. The number of aryl methyl sites for hydroxylation is 1. The van der Waals surface area contributed by atoms with E-state index in [2.05, 4.69) is 47.4 Å². The third-order valence-corrected chi connectivity index (χ3v) is 5.42. The van der Waals surface area contributed by atoms with E-state index >= 15 is 0 Å². The van der Waals surface area contributed by atoms with Gasteiger partial charge in [-0.2, -0.15) is 0 Å². The largest absolute Gasteiger partial charge is 0.469 e. The fourth-order valence-corrected chi connectivity index (χ4v) is 4.11. The van der Waals surface area contributed by atoms with Crippen LogP contribution in [0.5, 0.6) is 0 Å². The van der Waals surface area contributed by atoms with E-state index in [0.717, 1.165) is 37.9 Å². The molecular weight excluding hydrogens is 322 g/mol. The summed E-state index contributed by atoms with van der Waals surface area (Å²) in [5.74, 6) is -0.311. The molecule has 1 fully saturated rings. The van der Waals surface area contributed by atoms with E-state index < -0.39 is 0 Å². The molecule has 0 aromatic heterocycles. The van der Waals surface area contributed by atoms with Crippen molar-refractivity contribution in [2.45, 2.75) is 44.1 Å². The van der Waals surface area contributed by atoms with E-state index in [4.69, 9.17) is 4.74 Å². The lowest BCUT2D eigenvalue weighted by molar-refractivity contribution is -0.144. The molecular formula is C23H29NO2. The molecule has 3 rings (SSSR count). The average molecular weight is 351 g/mol. The van der Waals surface area contributed by atoms with Gasteiger partial charge in [-0.15, -0.1) is 0 Å². The van der Waals surface area contributed by atoms with Crippen LogP contribution < -0.4 is 0 Å². The van der Waals surface area contributed by atoms with Gasteiger partial charge in [-0.3, -0.25) is 9.69 Å². The topological polar surface area (TPSA) is 29.5 Å². The van der Waals surface area contributed by atoms with Gasteiger partial charge in [0.25, 0.3) is 0 Å². The lowest BCUT2D eigenvalue weighted by Gasteiger charge is -2.39. The molecule has 0 aliphatic carbocycles. The molecule has 0 bridgehead atoms. The monoisotopic (exact) mass is 351 g/mol. The van der Waals surface area contributed by atoms with E-state index in [0.29, 0.717) is 0 Å². The first-order chi connectivity index (χ1) is 12.8. The van der Waals surface area contributed by atoms with Crippen LogP contribution in [0, 0.1) is 0 Å². The van der Waals surface area contributed by atoms with Gasteiger partial charge in [0.2, 0.25) is 0 Å². The number of ether oxygens (including phenoxy) is 1. The molecule has 26 heavy (non-hydrogen) atoms. The number of methoxy groups -OCH3 is 1. The second kappa shape index (κ2) is 9.54. The number of carbonyl (C=O) groups excluding carboxylic acids is 1. The van der Waals surface area contributed by atoms with E-state index in [9.17, 15) is 4.79 Å². The summed E-state index contributed by atoms with van der Waals surface area (Å²) in [5.41, 5.74) is 2.45. The summed E-state index contributed by atoms with van der Waals surface area (Å²) < 4.78 is 5.18. The number of benzene rings is 2. The molecule has 1 heterocycles. The highest BCUT2D eigenvalue weighted by atomic mass is 16.5. The zero-order valence-electron chi connectivity index (χ0n) is 15.6. The smallest absolute Gasteiger partial charge is 0.314 e. The SMILES string of the molecule is COC(=O)[C@H](c1ccccc1)[C@H]1CCCCN1CCCc1ccccc1. The van der Waals surface area contributed by atoms with E-state index in [1.165, 1.54) is 25.5 Å². The second-order valence-corrected chi connectivity index (χ2v) is 7.10. The Morgan fingerprint density at radius 2 is 1.77 bits per heavy atom. The summed E-state index contributed by atoms with van der Waals surface area (Å²) >= 11 is 0. The number of piperidine rings is 1. The van der Waals surface area contributed by atoms with Crippen LogP contribution in [-0.2, 0) is 16.0 Å². The summed E-state index contributed by atoms with van der Waals surface area (Å²) in [6.07, 6.45) is 5.65. The maximum absolute atomic E-state index is 12.6. The highest BCUT2D eigenvalue weighted by molar-refractivity contribution is 5.79. The van der Waals surface area contributed by atoms with Gasteiger partial charge in [-0.25, -0.2) is 0 Å². The van der Waals surface area contributed by atoms with Gasteiger partial charge in [0.1, 0.15) is 0 Å². The molecule has 1 aliphatic heterocycles. The molecule has 0 N–H and O–H groups in total. The first-order valence-electron chi connectivity index (χ1n) is 9.70. The molecule has 3 heteroatoms. The molecule has 0 amide bonds. The minimum atomic E-state index is -0.196. The van der Waals surface area contributed by atoms with Crippen molar-refractivity contribution >= 4 is 5.97 Å². The normalized spacial score (nSPS) is 19.0. The molecule has 1 saturated heterocycles. The summed E-state index contributed by atoms with van der Waals surface area (Å²) in [6, 6.07) is 21.0. The summed E-state index contributed by atoms with van der Waals surface area (Å²) in [6.45, 7) is 2.10. The fourth-order valence-electron chi connectivity index (χ4n) is 4.11. The Balaban J connectivity index is 1.70. The highest BCUT2D eigenvalue weighted by Crippen LogP contribution is 2.31. The predicted molar refractivity (Wildman–Crippen MR) is 105 cm³/mol. The minimum absolute atomic E-state index is 0.115. The third kappa shape index (κ3) is 4.73. The number of carbonyl (C=O) groups is 1. The van der Waals surface area contributed by atoms with Crippen molar-refractivity contribution in [3.8, 4) is 0 Å². The first kappa shape index (κ1) is 18.7. The Labute approximate surface area is 157 Å². The van der Waals surface area contributed by atoms with Crippen molar-refractivity contribution in [1.29, 1.82) is 0 Å². The van der Waals surface area contributed by atoms with Crippen LogP contribution in [0.3, 0.4) is 0 Å². The molecule has 0 spiro atoms. The number of nitrogens with zero attached hydrogens (tertiary/aromatic N) is 1. The first-order valence-corrected chi connectivity index (χ1v) is 9.70. The molecule has 2 aromatic carbocycles. The zero-order valence-corrected chi connectivity index (χ0v) is 15.6. The van der Waals surface area contributed by atoms with Crippen LogP contribution in [0.1, 0.15) is 42.7 Å². The van der Waals surface area contributed by atoms with Gasteiger partial charge in [-0.05, 0) is 49.9 Å². The Kier molecular flexibility index (Phi) is 6.84. The fraction of sp³-hybridized carbons (Fsp3) is 0.435. The van der Waals surface area contributed by atoms with Crippen LogP contribution >= 0.6 is 0 Å². The lowest BCUT2D eigenvalue weighted by atomic mass is 9.85. The standard InChI is InChI=1S/C23H29NO2/c1-26-23(25)22(20-14-6-3-7-15-20)21-16-8-9-17-24(21)18-10-13-19-11-4-2-5-12-19/h2-7,11-12,14-15,21-22H,8-10,13,16-18H2,1H3/t21-,22-/m1/s1. The summed E-state index contributed by atoms with van der Waals surface area (Å²) in [5, 5.41) is 0. The van der Waals surface area contributed by atoms with Crippen LogP contribution in [0.2, 0.25) is 0 Å². The van der Waals surface area contributed by atoms with Gasteiger partial charge in [-0.1, -0.05) is 67.1 Å². The number of esters is 1. The van der Waals surface area contributed by atoms with Crippen LogP contribution in [0.15, 0.2) is 60.7 Å². The van der Waals surface area contributed by atoms with Crippen molar-refractivity contribution in [2.75, 3.05) is 20.2 Å². The molecule has 138 valence electrons. The van der Waals surface area contributed by atoms with Crippen molar-refractivity contribution in [3.63, 3.8) is 0 Å². The third-order valence-electron chi connectivity index (χ3n) is 5.42. The molecule has 3 nitrogen and oxygen atoms in total. The maximum Gasteiger partial charge on any atom is 0.314 e. The van der Waals surface area contributed by atoms with Crippen LogP contribution in [-0.4, -0.2) is 37.1 Å². The number of rotatable bonds is 7. The Morgan fingerprint density at radius 1 is 1.08 bits per heavy atom. The summed E-state index contributed by atoms with van der Waals surface area (Å²) in [7, 11) is 1.50. The molecule has 2 atom stereocenters. The van der Waals surface area contributed by atoms with Crippen molar-refractivity contribution in [2.24, 2.45) is 0 Å². The summed E-state index contributed by atoms with van der Waals surface area (Å²) in [4.78, 5) is 15.1. The quantitative estimate of drug-likeness (QED) is 0.691. The molecule has 0 radical (unpaired) electrons. The Bertz CT molecular complexity index is 671. The number of hydrogen-bond acceptors (Lipinski definition) is 3. The van der Waals surface area contributed by atoms with Gasteiger partial charge in [0.15, 0.2) is 0 Å². The van der Waals surface area contributed by atoms with Gasteiger partial charge in [0, 0.05) is 6.04 Å². The maximum atomic E-state index is 12.6. The van der Waals surface area contributed by atoms with Crippen LogP contribution in [0.4, 0.5) is 0 Å². The zero-order chi connectivity index (χ0) is 18.2. The Hall–Kier alpha value is -2.13. The molecule has 0 saturated carbocycles.